The second-order valence-electron chi connectivity index (χ2n) is 9.98. The molecule has 0 fully saturated rings. The van der Waals surface area contributed by atoms with E-state index in [2.05, 4.69) is 60.3 Å². The van der Waals surface area contributed by atoms with Crippen molar-refractivity contribution in [2.45, 2.75) is 16.2 Å². The molecule has 42 heavy (non-hydrogen) atoms. The zero-order chi connectivity index (χ0) is 30.0. The molecule has 0 bridgehead atoms. The van der Waals surface area contributed by atoms with E-state index >= 15 is 0 Å². The first-order valence-corrected chi connectivity index (χ1v) is 14.3. The van der Waals surface area contributed by atoms with Crippen molar-refractivity contribution in [2.75, 3.05) is 32.1 Å². The van der Waals surface area contributed by atoms with Gasteiger partial charge in [0.15, 0.2) is 17.3 Å². The highest BCUT2D eigenvalue weighted by Crippen LogP contribution is 2.48. The number of halogens is 1. The number of benzene rings is 4. The second kappa shape index (κ2) is 12.3. The topological polar surface area (TPSA) is 118 Å². The maximum absolute atomic E-state index is 12.1. The van der Waals surface area contributed by atoms with E-state index in [9.17, 15) is 25.2 Å². The summed E-state index contributed by atoms with van der Waals surface area (Å²) in [6.07, 6.45) is 1.12. The molecule has 5 aromatic rings. The molecule has 0 saturated carbocycles. The van der Waals surface area contributed by atoms with Crippen LogP contribution in [0.4, 0.5) is 11.4 Å². The minimum Gasteiger partial charge on any atom is -0.508 e. The van der Waals surface area contributed by atoms with Gasteiger partial charge in [0.25, 0.3) is 0 Å². The van der Waals surface area contributed by atoms with Crippen molar-refractivity contribution in [1.82, 2.24) is 4.90 Å². The molecule has 6 rings (SSSR count). The number of aromatic hydroxyl groups is 4. The van der Waals surface area contributed by atoms with Crippen molar-refractivity contribution in [3.05, 3.63) is 94.1 Å². The molecule has 0 unspecified atom stereocenters. The number of rotatable bonds is 5. The predicted molar refractivity (Wildman–Crippen MR) is 167 cm³/mol. The molecule has 4 aromatic carbocycles. The number of para-hydroxylation sites is 1. The molecule has 0 spiro atoms. The van der Waals surface area contributed by atoms with Crippen LogP contribution in [0.25, 0.3) is 22.3 Å². The van der Waals surface area contributed by atoms with Crippen LogP contribution >= 0.6 is 23.4 Å². The summed E-state index contributed by atoms with van der Waals surface area (Å²) >= 11 is 8.03. The first-order chi connectivity index (χ1) is 20.1. The molecule has 1 aliphatic rings. The first kappa shape index (κ1) is 29.2. The molecule has 2 heterocycles. The number of hydrogen-bond acceptors (Lipinski definition) is 9. The smallest absolute Gasteiger partial charge is 0.235 e. The molecule has 8 nitrogen and oxygen atoms in total. The number of fused-ring (bicyclic) bond motifs is 3. The van der Waals surface area contributed by atoms with Gasteiger partial charge in [-0.15, -0.1) is 0 Å². The molecule has 1 aliphatic heterocycles. The van der Waals surface area contributed by atoms with Crippen molar-refractivity contribution < 1.29 is 24.8 Å². The lowest BCUT2D eigenvalue weighted by Gasteiger charge is -2.33. The molecule has 1 aromatic heterocycles. The summed E-state index contributed by atoms with van der Waals surface area (Å²) in [4.78, 5) is 19.3. The number of phenols is 3. The van der Waals surface area contributed by atoms with Crippen LogP contribution in [0.2, 0.25) is 5.02 Å². The fourth-order valence-corrected chi connectivity index (χ4v) is 5.86. The molecular weight excluding hydrogens is 576 g/mol. The van der Waals surface area contributed by atoms with Gasteiger partial charge in [-0.1, -0.05) is 35.5 Å². The summed E-state index contributed by atoms with van der Waals surface area (Å²) in [6, 6.07) is 22.4. The van der Waals surface area contributed by atoms with Gasteiger partial charge in [-0.25, -0.2) is 0 Å². The minimum absolute atomic E-state index is 0.0872. The van der Waals surface area contributed by atoms with E-state index in [1.807, 2.05) is 17.8 Å². The van der Waals surface area contributed by atoms with Gasteiger partial charge in [-0.05, 0) is 87.7 Å². The molecule has 0 amide bonds. The maximum Gasteiger partial charge on any atom is 0.235 e. The van der Waals surface area contributed by atoms with Gasteiger partial charge in [-0.2, -0.15) is 0 Å². The lowest BCUT2D eigenvalue weighted by atomic mass is 10.1. The van der Waals surface area contributed by atoms with Gasteiger partial charge < -0.3 is 34.6 Å². The van der Waals surface area contributed by atoms with E-state index in [4.69, 9.17) is 16.0 Å². The second-order valence-corrected chi connectivity index (χ2v) is 11.5. The fraction of sp³-hybridized carbons (Fsp3) is 0.156. The zero-order valence-corrected chi connectivity index (χ0v) is 24.5. The van der Waals surface area contributed by atoms with Gasteiger partial charge in [0, 0.05) is 33.0 Å². The van der Waals surface area contributed by atoms with Gasteiger partial charge in [0.2, 0.25) is 11.2 Å². The van der Waals surface area contributed by atoms with E-state index in [-0.39, 0.29) is 33.8 Å². The molecule has 0 aliphatic carbocycles. The summed E-state index contributed by atoms with van der Waals surface area (Å²) in [5.41, 5.74) is 2.17. The summed E-state index contributed by atoms with van der Waals surface area (Å²) in [5.74, 6) is -1.60. The van der Waals surface area contributed by atoms with Crippen LogP contribution in [0.15, 0.2) is 97.9 Å². The Morgan fingerprint density at radius 2 is 1.62 bits per heavy atom. The van der Waals surface area contributed by atoms with Crippen molar-refractivity contribution in [2.24, 2.45) is 0 Å². The Hall–Kier alpha value is -4.31. The fourth-order valence-electron chi connectivity index (χ4n) is 4.62. The standard InChI is InChI=1S/C17H19ClN2S.C15H10O6/c1-19(2)10-5-11-20-14-6-3-4-7-16(14)21-17-9-8-13(18)12-15(17)20;16-8-2-3-9-12(6-8)21-15(14(20)13(9)19)7-1-4-10(17)11(18)5-7/h3-4,6-9,12H,5,10-11H2,1-2H3;1-6,16-18,20H. The normalized spacial score (nSPS) is 12.0. The third-order valence-electron chi connectivity index (χ3n) is 6.66. The summed E-state index contributed by atoms with van der Waals surface area (Å²) < 4.78 is 5.43. The maximum atomic E-state index is 12.1. The Morgan fingerprint density at radius 3 is 2.38 bits per heavy atom. The lowest BCUT2D eigenvalue weighted by molar-refractivity contribution is 0.402. The lowest BCUT2D eigenvalue weighted by Crippen LogP contribution is -2.25. The number of hydrogen-bond donors (Lipinski definition) is 4. The Kier molecular flexibility index (Phi) is 8.54. The third-order valence-corrected chi connectivity index (χ3v) is 8.03. The van der Waals surface area contributed by atoms with Crippen LogP contribution in [-0.2, 0) is 0 Å². The molecular formula is C32H29ClN2O6S. The summed E-state index contributed by atoms with van der Waals surface area (Å²) in [5, 5.41) is 39.1. The van der Waals surface area contributed by atoms with Crippen molar-refractivity contribution in [1.29, 1.82) is 0 Å². The molecule has 0 radical (unpaired) electrons. The molecule has 216 valence electrons. The SMILES string of the molecule is CN(C)CCCN1c2ccccc2Sc2ccc(Cl)cc21.O=c1c(O)c(-c2ccc(O)c(O)c2)oc2cc(O)ccc12. The van der Waals surface area contributed by atoms with Gasteiger partial charge in [-0.3, -0.25) is 4.79 Å². The zero-order valence-electron chi connectivity index (χ0n) is 22.9. The minimum atomic E-state index is -0.654. The van der Waals surface area contributed by atoms with E-state index < -0.39 is 16.9 Å². The van der Waals surface area contributed by atoms with Crippen LogP contribution in [0, 0.1) is 0 Å². The average Bonchev–Trinajstić information content (AvgIpc) is 2.96. The van der Waals surface area contributed by atoms with E-state index in [1.165, 1.54) is 51.5 Å². The van der Waals surface area contributed by atoms with E-state index in [0.29, 0.717) is 0 Å². The highest BCUT2D eigenvalue weighted by atomic mass is 35.5. The van der Waals surface area contributed by atoms with Gasteiger partial charge in [0.1, 0.15) is 11.3 Å². The molecule has 10 heteroatoms. The quantitative estimate of drug-likeness (QED) is 0.155. The Labute approximate surface area is 251 Å². The van der Waals surface area contributed by atoms with Crippen LogP contribution < -0.4 is 10.3 Å². The Morgan fingerprint density at radius 1 is 0.857 bits per heavy atom. The highest BCUT2D eigenvalue weighted by Gasteiger charge is 2.23. The van der Waals surface area contributed by atoms with E-state index in [1.54, 1.807) is 0 Å². The Bertz CT molecular complexity index is 1820. The predicted octanol–water partition coefficient (Wildman–Crippen LogP) is 7.18. The Balaban J connectivity index is 0.000000168. The van der Waals surface area contributed by atoms with E-state index in [0.717, 1.165) is 30.6 Å². The van der Waals surface area contributed by atoms with Crippen molar-refractivity contribution in [3.63, 3.8) is 0 Å². The number of anilines is 2. The monoisotopic (exact) mass is 604 g/mol. The third kappa shape index (κ3) is 6.13. The number of phenolic OH excluding ortho intramolecular Hbond substituents is 3. The largest absolute Gasteiger partial charge is 0.508 e. The molecule has 4 N–H and O–H groups in total. The van der Waals surface area contributed by atoms with Gasteiger partial charge >= 0.3 is 0 Å². The van der Waals surface area contributed by atoms with Crippen LogP contribution in [0.1, 0.15) is 6.42 Å². The number of nitrogens with zero attached hydrogens (tertiary/aromatic N) is 2. The van der Waals surface area contributed by atoms with Gasteiger partial charge in [0.05, 0.1) is 16.8 Å². The van der Waals surface area contributed by atoms with Crippen molar-refractivity contribution in [3.8, 4) is 34.3 Å². The highest BCUT2D eigenvalue weighted by molar-refractivity contribution is 7.99. The van der Waals surface area contributed by atoms with Crippen LogP contribution in [0.3, 0.4) is 0 Å². The molecule has 0 atom stereocenters. The van der Waals surface area contributed by atoms with Crippen LogP contribution in [-0.4, -0.2) is 52.5 Å². The molecule has 0 saturated heterocycles. The first-order valence-electron chi connectivity index (χ1n) is 13.1. The van der Waals surface area contributed by atoms with Crippen molar-refractivity contribution >= 4 is 45.7 Å². The summed E-state index contributed by atoms with van der Waals surface area (Å²) in [6.45, 7) is 2.09. The van der Waals surface area contributed by atoms with Crippen LogP contribution in [0.5, 0.6) is 23.0 Å². The average molecular weight is 605 g/mol. The summed E-state index contributed by atoms with van der Waals surface area (Å²) in [7, 11) is 4.23.